The summed E-state index contributed by atoms with van der Waals surface area (Å²) in [7, 11) is 0. The predicted octanol–water partition coefficient (Wildman–Crippen LogP) is 3.51. The highest BCUT2D eigenvalue weighted by molar-refractivity contribution is 6.30. The number of hydrogen-bond donors (Lipinski definition) is 1. The van der Waals surface area contributed by atoms with Crippen LogP contribution in [0.4, 0.5) is 5.95 Å². The molecule has 2 heterocycles. The molecule has 0 bridgehead atoms. The van der Waals surface area contributed by atoms with Crippen molar-refractivity contribution in [2.24, 2.45) is 0 Å². The van der Waals surface area contributed by atoms with E-state index in [1.165, 1.54) is 31.2 Å². The molecule has 0 spiro atoms. The largest absolute Gasteiger partial charge is 0.341 e. The summed E-state index contributed by atoms with van der Waals surface area (Å²) in [6.07, 6.45) is 6.69. The first-order valence-corrected chi connectivity index (χ1v) is 8.71. The molecular formula is C18H21ClN4. The Bertz CT molecular complexity index is 676. The maximum absolute atomic E-state index is 5.99. The van der Waals surface area contributed by atoms with Gasteiger partial charge < -0.3 is 10.2 Å². The Hall–Kier alpha value is -1.65. The molecule has 23 heavy (non-hydrogen) atoms. The Kier molecular flexibility index (Phi) is 3.95. The van der Waals surface area contributed by atoms with Crippen LogP contribution in [0.1, 0.15) is 36.9 Å². The molecule has 1 N–H and O–H groups in total. The summed E-state index contributed by atoms with van der Waals surface area (Å²) in [6.45, 7) is 2.92. The second kappa shape index (κ2) is 6.10. The fourth-order valence-electron chi connectivity index (χ4n) is 3.27. The highest BCUT2D eigenvalue weighted by atomic mass is 35.5. The Morgan fingerprint density at radius 1 is 1.09 bits per heavy atom. The number of halogens is 1. The van der Waals surface area contributed by atoms with Crippen LogP contribution in [0.25, 0.3) is 0 Å². The molecule has 2 aliphatic rings. The maximum atomic E-state index is 5.99. The molecule has 1 aliphatic carbocycles. The lowest BCUT2D eigenvalue weighted by molar-refractivity contribution is 0.513. The Morgan fingerprint density at radius 3 is 2.52 bits per heavy atom. The number of anilines is 1. The van der Waals surface area contributed by atoms with Gasteiger partial charge in [0.1, 0.15) is 0 Å². The van der Waals surface area contributed by atoms with Crippen molar-refractivity contribution in [3.8, 4) is 0 Å². The van der Waals surface area contributed by atoms with Gasteiger partial charge in [-0.25, -0.2) is 9.97 Å². The quantitative estimate of drug-likeness (QED) is 0.912. The fraction of sp³-hybridized carbons (Fsp3) is 0.444. The lowest BCUT2D eigenvalue weighted by Gasteiger charge is -2.19. The zero-order valence-electron chi connectivity index (χ0n) is 13.1. The van der Waals surface area contributed by atoms with Crippen LogP contribution in [-0.2, 0) is 12.1 Å². The summed E-state index contributed by atoms with van der Waals surface area (Å²) in [5.41, 5.74) is 2.47. The van der Waals surface area contributed by atoms with E-state index < -0.39 is 0 Å². The molecular weight excluding hydrogens is 308 g/mol. The highest BCUT2D eigenvalue weighted by Crippen LogP contribution is 2.45. The van der Waals surface area contributed by atoms with Crippen LogP contribution in [0.3, 0.4) is 0 Å². The number of benzene rings is 1. The summed E-state index contributed by atoms with van der Waals surface area (Å²) < 4.78 is 0. The average Bonchev–Trinajstić information content (AvgIpc) is 3.17. The summed E-state index contributed by atoms with van der Waals surface area (Å²) >= 11 is 5.99. The molecule has 1 saturated heterocycles. The van der Waals surface area contributed by atoms with Crippen molar-refractivity contribution in [1.82, 2.24) is 15.3 Å². The van der Waals surface area contributed by atoms with Crippen molar-refractivity contribution in [3.05, 3.63) is 52.8 Å². The Morgan fingerprint density at radius 2 is 1.83 bits per heavy atom. The third-order valence-electron chi connectivity index (χ3n) is 4.84. The number of hydrogen-bond acceptors (Lipinski definition) is 4. The van der Waals surface area contributed by atoms with E-state index in [9.17, 15) is 0 Å². The number of aromatic nitrogens is 2. The smallest absolute Gasteiger partial charge is 0.225 e. The normalized spacial score (nSPS) is 19.1. The van der Waals surface area contributed by atoms with Crippen LogP contribution in [-0.4, -0.2) is 23.1 Å². The number of rotatable bonds is 5. The first kappa shape index (κ1) is 14.9. The third-order valence-corrected chi connectivity index (χ3v) is 5.10. The molecule has 1 saturated carbocycles. The van der Waals surface area contributed by atoms with Crippen LogP contribution >= 0.6 is 11.6 Å². The van der Waals surface area contributed by atoms with Gasteiger partial charge in [-0.05, 0) is 49.4 Å². The summed E-state index contributed by atoms with van der Waals surface area (Å²) in [4.78, 5) is 11.4. The van der Waals surface area contributed by atoms with Crippen LogP contribution in [0.5, 0.6) is 0 Å². The van der Waals surface area contributed by atoms with E-state index in [4.69, 9.17) is 16.6 Å². The lowest BCUT2D eigenvalue weighted by Crippen LogP contribution is -2.29. The standard InChI is InChI=1S/C18H21ClN4/c19-15-5-3-14(4-6-15)18(8-9-18)21-13-16-7-10-20-17(22-16)23-11-1-2-12-23/h3-7,10,21H,1-2,8-9,11-13H2. The minimum atomic E-state index is 0.101. The molecule has 4 rings (SSSR count). The van der Waals surface area contributed by atoms with E-state index in [2.05, 4.69) is 27.3 Å². The van der Waals surface area contributed by atoms with Crippen LogP contribution < -0.4 is 10.2 Å². The van der Waals surface area contributed by atoms with Gasteiger partial charge >= 0.3 is 0 Å². The molecule has 4 nitrogen and oxygen atoms in total. The van der Waals surface area contributed by atoms with Crippen LogP contribution in [0.15, 0.2) is 36.5 Å². The van der Waals surface area contributed by atoms with Crippen molar-refractivity contribution >= 4 is 17.5 Å². The molecule has 1 aromatic heterocycles. The van der Waals surface area contributed by atoms with Gasteiger partial charge in [-0.3, -0.25) is 0 Å². The van der Waals surface area contributed by atoms with Gasteiger partial charge in [-0.15, -0.1) is 0 Å². The van der Waals surface area contributed by atoms with Gasteiger partial charge in [0, 0.05) is 36.4 Å². The minimum absolute atomic E-state index is 0.101. The summed E-state index contributed by atoms with van der Waals surface area (Å²) in [5.74, 6) is 0.873. The van der Waals surface area contributed by atoms with E-state index in [0.29, 0.717) is 0 Å². The second-order valence-electron chi connectivity index (χ2n) is 6.48. The fourth-order valence-corrected chi connectivity index (χ4v) is 3.40. The lowest BCUT2D eigenvalue weighted by atomic mass is 10.1. The van der Waals surface area contributed by atoms with E-state index in [0.717, 1.165) is 36.3 Å². The minimum Gasteiger partial charge on any atom is -0.341 e. The highest BCUT2D eigenvalue weighted by Gasteiger charge is 2.43. The molecule has 120 valence electrons. The van der Waals surface area contributed by atoms with Gasteiger partial charge in [-0.2, -0.15) is 0 Å². The molecule has 1 aliphatic heterocycles. The van der Waals surface area contributed by atoms with Crippen molar-refractivity contribution in [2.45, 2.75) is 37.8 Å². The summed E-state index contributed by atoms with van der Waals surface area (Å²) in [6, 6.07) is 10.2. The van der Waals surface area contributed by atoms with Gasteiger partial charge in [0.15, 0.2) is 0 Å². The summed E-state index contributed by atoms with van der Waals surface area (Å²) in [5, 5.41) is 4.48. The molecule has 0 radical (unpaired) electrons. The van der Waals surface area contributed by atoms with Crippen LogP contribution in [0, 0.1) is 0 Å². The first-order chi connectivity index (χ1) is 11.3. The molecule has 0 atom stereocenters. The molecule has 5 heteroatoms. The molecule has 0 amide bonds. The zero-order chi connectivity index (χ0) is 15.7. The van der Waals surface area contributed by atoms with E-state index in [-0.39, 0.29) is 5.54 Å². The first-order valence-electron chi connectivity index (χ1n) is 8.33. The third kappa shape index (κ3) is 3.19. The van der Waals surface area contributed by atoms with Gasteiger partial charge in [0.05, 0.1) is 5.69 Å². The SMILES string of the molecule is Clc1ccc(C2(NCc3ccnc(N4CCCC4)n3)CC2)cc1. The molecule has 2 aromatic rings. The monoisotopic (exact) mass is 328 g/mol. The van der Waals surface area contributed by atoms with Crippen molar-refractivity contribution in [1.29, 1.82) is 0 Å². The van der Waals surface area contributed by atoms with Gasteiger partial charge in [0.2, 0.25) is 5.95 Å². The topological polar surface area (TPSA) is 41.1 Å². The van der Waals surface area contributed by atoms with Crippen molar-refractivity contribution in [3.63, 3.8) is 0 Å². The van der Waals surface area contributed by atoms with Crippen molar-refractivity contribution in [2.75, 3.05) is 18.0 Å². The number of nitrogens with one attached hydrogen (secondary N) is 1. The predicted molar refractivity (Wildman–Crippen MR) is 92.7 cm³/mol. The molecule has 2 fully saturated rings. The van der Waals surface area contributed by atoms with Gasteiger partial charge in [0.25, 0.3) is 0 Å². The van der Waals surface area contributed by atoms with E-state index in [1.54, 1.807) is 0 Å². The molecule has 0 unspecified atom stereocenters. The average molecular weight is 329 g/mol. The Balaban J connectivity index is 1.44. The van der Waals surface area contributed by atoms with Gasteiger partial charge in [-0.1, -0.05) is 23.7 Å². The Labute approximate surface area is 141 Å². The van der Waals surface area contributed by atoms with Crippen LogP contribution in [0.2, 0.25) is 5.02 Å². The maximum Gasteiger partial charge on any atom is 0.225 e. The van der Waals surface area contributed by atoms with Crippen molar-refractivity contribution < 1.29 is 0 Å². The number of nitrogens with zero attached hydrogens (tertiary/aromatic N) is 3. The van der Waals surface area contributed by atoms with E-state index in [1.807, 2.05) is 24.4 Å². The molecule has 1 aromatic carbocycles. The zero-order valence-corrected chi connectivity index (χ0v) is 13.9. The van der Waals surface area contributed by atoms with E-state index >= 15 is 0 Å². The second-order valence-corrected chi connectivity index (χ2v) is 6.92.